The SMILES string of the molecule is CC1(Nc2ncc3nc(Nc4ccc(C(F)(F)F)cc4)n([C@H]4CC[C@H](C#N)CC4)c3n2)CCOCC1. The Hall–Kier alpha value is -3.39. The molecule has 5 rings (SSSR count). The van der Waals surface area contributed by atoms with Crippen LogP contribution in [0.15, 0.2) is 30.5 Å². The zero-order valence-corrected chi connectivity index (χ0v) is 20.0. The molecule has 3 aromatic rings. The summed E-state index contributed by atoms with van der Waals surface area (Å²) in [5, 5.41) is 16.0. The van der Waals surface area contributed by atoms with Crippen molar-refractivity contribution in [2.24, 2.45) is 5.92 Å². The number of nitriles is 1. The lowest BCUT2D eigenvalue weighted by Crippen LogP contribution is -2.41. The number of aromatic nitrogens is 4. The summed E-state index contributed by atoms with van der Waals surface area (Å²) >= 11 is 0. The van der Waals surface area contributed by atoms with E-state index in [1.807, 2.05) is 4.57 Å². The Kier molecular flexibility index (Phi) is 6.47. The van der Waals surface area contributed by atoms with Crippen LogP contribution >= 0.6 is 0 Å². The molecule has 0 unspecified atom stereocenters. The van der Waals surface area contributed by atoms with Crippen molar-refractivity contribution in [2.45, 2.75) is 63.2 Å². The predicted molar refractivity (Wildman–Crippen MR) is 129 cm³/mol. The molecule has 11 heteroatoms. The first kappa shape index (κ1) is 24.3. The first-order valence-electron chi connectivity index (χ1n) is 12.2. The van der Waals surface area contributed by atoms with E-state index in [9.17, 15) is 18.4 Å². The Bertz CT molecular complexity index is 1250. The second-order valence-corrected chi connectivity index (χ2v) is 9.84. The molecule has 1 saturated heterocycles. The number of halogens is 3. The molecule has 2 aromatic heterocycles. The summed E-state index contributed by atoms with van der Waals surface area (Å²) in [6.45, 7) is 3.47. The Morgan fingerprint density at radius 3 is 2.42 bits per heavy atom. The van der Waals surface area contributed by atoms with Crippen molar-refractivity contribution in [1.29, 1.82) is 5.26 Å². The van der Waals surface area contributed by atoms with Gasteiger partial charge >= 0.3 is 6.18 Å². The zero-order valence-electron chi connectivity index (χ0n) is 20.0. The van der Waals surface area contributed by atoms with Gasteiger partial charge in [0.15, 0.2) is 5.65 Å². The third kappa shape index (κ3) is 5.09. The van der Waals surface area contributed by atoms with Gasteiger partial charge in [0.1, 0.15) is 5.52 Å². The largest absolute Gasteiger partial charge is 0.416 e. The fourth-order valence-corrected chi connectivity index (χ4v) is 4.94. The molecular weight excluding hydrogens is 471 g/mol. The minimum absolute atomic E-state index is 0.0303. The summed E-state index contributed by atoms with van der Waals surface area (Å²) in [5.74, 6) is 1.02. The lowest BCUT2D eigenvalue weighted by atomic mass is 9.87. The number of imidazole rings is 1. The summed E-state index contributed by atoms with van der Waals surface area (Å²) in [6, 6.07) is 7.29. The lowest BCUT2D eigenvalue weighted by Gasteiger charge is -2.34. The molecule has 2 N–H and O–H groups in total. The molecule has 1 aliphatic heterocycles. The molecule has 0 spiro atoms. The van der Waals surface area contributed by atoms with Gasteiger partial charge < -0.3 is 15.4 Å². The standard InChI is InChI=1S/C25H28F3N7O/c1-24(10-12-36-13-11-24)34-22-30-15-20-21(33-22)35(19-8-2-16(14-29)3-9-19)23(32-20)31-18-6-4-17(5-7-18)25(26,27)28/h4-7,15-16,19H,2-3,8-13H2,1H3,(H,31,32)(H,30,33,34)/t16-,19-. The van der Waals surface area contributed by atoms with Gasteiger partial charge in [0.05, 0.1) is 17.8 Å². The molecule has 2 fully saturated rings. The smallest absolute Gasteiger partial charge is 0.381 e. The van der Waals surface area contributed by atoms with Crippen LogP contribution in [0.25, 0.3) is 11.2 Å². The van der Waals surface area contributed by atoms with Crippen molar-refractivity contribution in [3.63, 3.8) is 0 Å². The molecular formula is C25H28F3N7O. The summed E-state index contributed by atoms with van der Waals surface area (Å²) < 4.78 is 46.5. The molecule has 2 aliphatic rings. The van der Waals surface area contributed by atoms with Crippen LogP contribution in [0, 0.1) is 17.2 Å². The minimum atomic E-state index is -4.40. The van der Waals surface area contributed by atoms with E-state index in [0.29, 0.717) is 42.0 Å². The van der Waals surface area contributed by atoms with E-state index >= 15 is 0 Å². The Labute approximate surface area is 206 Å². The molecule has 3 heterocycles. The highest BCUT2D eigenvalue weighted by Gasteiger charge is 2.31. The number of benzene rings is 1. The van der Waals surface area contributed by atoms with Crippen LogP contribution in [0.2, 0.25) is 0 Å². The van der Waals surface area contributed by atoms with E-state index in [4.69, 9.17) is 14.7 Å². The van der Waals surface area contributed by atoms with Crippen LogP contribution in [-0.4, -0.2) is 38.3 Å². The highest BCUT2D eigenvalue weighted by atomic mass is 19.4. The molecule has 36 heavy (non-hydrogen) atoms. The van der Waals surface area contributed by atoms with Gasteiger partial charge in [-0.1, -0.05) is 0 Å². The first-order chi connectivity index (χ1) is 17.2. The summed E-state index contributed by atoms with van der Waals surface area (Å²) in [6.07, 6.45) is 2.07. The van der Waals surface area contributed by atoms with Crippen LogP contribution in [0.1, 0.15) is 57.1 Å². The number of fused-ring (bicyclic) bond motifs is 1. The summed E-state index contributed by atoms with van der Waals surface area (Å²) in [4.78, 5) is 14.0. The normalized spacial score (nSPS) is 22.2. The van der Waals surface area contributed by atoms with Crippen molar-refractivity contribution in [3.8, 4) is 6.07 Å². The van der Waals surface area contributed by atoms with E-state index in [1.54, 1.807) is 6.20 Å². The first-order valence-corrected chi connectivity index (χ1v) is 12.2. The molecule has 0 atom stereocenters. The van der Waals surface area contributed by atoms with Crippen LogP contribution < -0.4 is 10.6 Å². The Morgan fingerprint density at radius 2 is 1.78 bits per heavy atom. The molecule has 8 nitrogen and oxygen atoms in total. The van der Waals surface area contributed by atoms with E-state index in [0.717, 1.165) is 50.7 Å². The summed E-state index contributed by atoms with van der Waals surface area (Å²) in [5.41, 5.74) is 0.849. The van der Waals surface area contributed by atoms with Gasteiger partial charge in [-0.2, -0.15) is 23.4 Å². The Morgan fingerprint density at radius 1 is 1.08 bits per heavy atom. The molecule has 0 radical (unpaired) electrons. The van der Waals surface area contributed by atoms with Gasteiger partial charge in [0, 0.05) is 36.4 Å². The topological polar surface area (TPSA) is 101 Å². The van der Waals surface area contributed by atoms with E-state index in [1.165, 1.54) is 12.1 Å². The number of nitrogens with zero attached hydrogens (tertiary/aromatic N) is 5. The number of ether oxygens (including phenoxy) is 1. The summed E-state index contributed by atoms with van der Waals surface area (Å²) in [7, 11) is 0. The average Bonchev–Trinajstić information content (AvgIpc) is 3.21. The van der Waals surface area contributed by atoms with E-state index < -0.39 is 11.7 Å². The van der Waals surface area contributed by atoms with Crippen molar-refractivity contribution >= 4 is 28.7 Å². The fraction of sp³-hybridized carbons (Fsp3) is 0.520. The maximum atomic E-state index is 13.0. The van der Waals surface area contributed by atoms with Gasteiger partial charge in [-0.05, 0) is 69.7 Å². The average molecular weight is 500 g/mol. The van der Waals surface area contributed by atoms with Crippen molar-refractivity contribution in [2.75, 3.05) is 23.8 Å². The van der Waals surface area contributed by atoms with E-state index in [2.05, 4.69) is 28.6 Å². The molecule has 0 amide bonds. The second-order valence-electron chi connectivity index (χ2n) is 9.84. The van der Waals surface area contributed by atoms with Crippen molar-refractivity contribution < 1.29 is 17.9 Å². The molecule has 1 saturated carbocycles. The van der Waals surface area contributed by atoms with Gasteiger partial charge in [-0.25, -0.2) is 9.97 Å². The third-order valence-electron chi connectivity index (χ3n) is 7.16. The maximum absolute atomic E-state index is 13.0. The quantitative estimate of drug-likeness (QED) is 0.456. The van der Waals surface area contributed by atoms with Crippen LogP contribution in [0.3, 0.4) is 0 Å². The van der Waals surface area contributed by atoms with E-state index in [-0.39, 0.29) is 17.5 Å². The number of nitrogens with one attached hydrogen (secondary N) is 2. The monoisotopic (exact) mass is 499 g/mol. The third-order valence-corrected chi connectivity index (χ3v) is 7.16. The molecule has 1 aliphatic carbocycles. The molecule has 190 valence electrons. The maximum Gasteiger partial charge on any atom is 0.416 e. The number of alkyl halides is 3. The van der Waals surface area contributed by atoms with Crippen molar-refractivity contribution in [1.82, 2.24) is 19.5 Å². The number of hydrogen-bond donors (Lipinski definition) is 2. The minimum Gasteiger partial charge on any atom is -0.381 e. The highest BCUT2D eigenvalue weighted by molar-refractivity contribution is 5.76. The number of rotatable bonds is 5. The van der Waals surface area contributed by atoms with Gasteiger partial charge in [0.2, 0.25) is 11.9 Å². The highest BCUT2D eigenvalue weighted by Crippen LogP contribution is 2.37. The number of anilines is 3. The molecule has 1 aromatic carbocycles. The zero-order chi connectivity index (χ0) is 25.3. The Balaban J connectivity index is 1.49. The van der Waals surface area contributed by atoms with Crippen LogP contribution in [0.5, 0.6) is 0 Å². The van der Waals surface area contributed by atoms with Gasteiger partial charge in [-0.15, -0.1) is 0 Å². The second kappa shape index (κ2) is 9.58. The van der Waals surface area contributed by atoms with Crippen molar-refractivity contribution in [3.05, 3.63) is 36.0 Å². The lowest BCUT2D eigenvalue weighted by molar-refractivity contribution is -0.137. The molecule has 0 bridgehead atoms. The van der Waals surface area contributed by atoms with Crippen LogP contribution in [0.4, 0.5) is 30.8 Å². The van der Waals surface area contributed by atoms with Crippen LogP contribution in [-0.2, 0) is 10.9 Å². The predicted octanol–water partition coefficient (Wildman–Crippen LogP) is 5.82. The van der Waals surface area contributed by atoms with Gasteiger partial charge in [0.25, 0.3) is 0 Å². The van der Waals surface area contributed by atoms with Gasteiger partial charge in [-0.3, -0.25) is 4.57 Å². The number of hydrogen-bond acceptors (Lipinski definition) is 7. The fourth-order valence-electron chi connectivity index (χ4n) is 4.94.